The van der Waals surface area contributed by atoms with Crippen molar-refractivity contribution in [3.05, 3.63) is 29.3 Å². The van der Waals surface area contributed by atoms with E-state index in [1.54, 1.807) is 0 Å². The molecule has 19 heavy (non-hydrogen) atoms. The number of fused-ring (bicyclic) bond motifs is 1. The van der Waals surface area contributed by atoms with Gasteiger partial charge in [-0.15, -0.1) is 0 Å². The molecule has 102 valence electrons. The number of carbonyl (C=O) groups is 1. The molecule has 3 rings (SSSR count). The highest BCUT2D eigenvalue weighted by Gasteiger charge is 2.22. The highest BCUT2D eigenvalue weighted by molar-refractivity contribution is 5.95. The van der Waals surface area contributed by atoms with Crippen molar-refractivity contribution >= 4 is 11.6 Å². The first kappa shape index (κ1) is 12.5. The maximum atomic E-state index is 12.5. The van der Waals surface area contributed by atoms with Crippen LogP contribution < -0.4 is 5.32 Å². The first-order valence-corrected chi connectivity index (χ1v) is 7.02. The third kappa shape index (κ3) is 2.59. The molecule has 0 radical (unpaired) electrons. The molecule has 1 N–H and O–H groups in total. The average molecular weight is 260 g/mol. The molecule has 4 heteroatoms. The number of hydrogen-bond acceptors (Lipinski definition) is 3. The van der Waals surface area contributed by atoms with Gasteiger partial charge in [0.15, 0.2) is 0 Å². The summed E-state index contributed by atoms with van der Waals surface area (Å²) in [6, 6.07) is 6.01. The van der Waals surface area contributed by atoms with Crippen LogP contribution >= 0.6 is 0 Å². The highest BCUT2D eigenvalue weighted by atomic mass is 16.5. The Morgan fingerprint density at radius 1 is 1.47 bits per heavy atom. The Labute approximate surface area is 113 Å². The first-order valence-electron chi connectivity index (χ1n) is 7.02. The molecule has 1 aromatic carbocycles. The minimum atomic E-state index is 0.119. The van der Waals surface area contributed by atoms with Gasteiger partial charge in [0.2, 0.25) is 0 Å². The minimum absolute atomic E-state index is 0.119. The fraction of sp³-hybridized carbons (Fsp3) is 0.533. The Balaban J connectivity index is 1.79. The predicted molar refractivity (Wildman–Crippen MR) is 74.6 cm³/mol. The summed E-state index contributed by atoms with van der Waals surface area (Å²) in [5.74, 6) is 0.119. The van der Waals surface area contributed by atoms with Gasteiger partial charge in [-0.1, -0.05) is 6.07 Å². The van der Waals surface area contributed by atoms with E-state index in [9.17, 15) is 4.79 Å². The molecule has 1 atom stereocenters. The number of rotatable bonds is 1. The SMILES string of the molecule is CC1CN(C(=O)c2ccc3c(c2)NCC3)CCCO1. The Bertz CT molecular complexity index is 487. The molecule has 2 aliphatic heterocycles. The van der Waals surface area contributed by atoms with Gasteiger partial charge in [0.05, 0.1) is 6.10 Å². The van der Waals surface area contributed by atoms with Crippen molar-refractivity contribution < 1.29 is 9.53 Å². The second kappa shape index (κ2) is 5.21. The van der Waals surface area contributed by atoms with Crippen LogP contribution in [0.15, 0.2) is 18.2 Å². The van der Waals surface area contributed by atoms with E-state index in [0.29, 0.717) is 6.54 Å². The van der Waals surface area contributed by atoms with Gasteiger partial charge < -0.3 is 15.0 Å². The van der Waals surface area contributed by atoms with E-state index in [0.717, 1.165) is 43.8 Å². The third-order valence-electron chi connectivity index (χ3n) is 3.81. The maximum absolute atomic E-state index is 12.5. The molecular formula is C15H20N2O2. The Kier molecular flexibility index (Phi) is 3.42. The normalized spacial score (nSPS) is 22.6. The van der Waals surface area contributed by atoms with Gasteiger partial charge in [0, 0.05) is 37.5 Å². The summed E-state index contributed by atoms with van der Waals surface area (Å²) in [4.78, 5) is 14.5. The second-order valence-electron chi connectivity index (χ2n) is 5.33. The van der Waals surface area contributed by atoms with Gasteiger partial charge in [0.1, 0.15) is 0 Å². The van der Waals surface area contributed by atoms with E-state index in [4.69, 9.17) is 4.74 Å². The molecule has 0 spiro atoms. The van der Waals surface area contributed by atoms with Crippen molar-refractivity contribution in [3.8, 4) is 0 Å². The van der Waals surface area contributed by atoms with Gasteiger partial charge in [0.25, 0.3) is 5.91 Å². The molecular weight excluding hydrogens is 240 g/mol. The Morgan fingerprint density at radius 3 is 3.26 bits per heavy atom. The molecule has 0 aromatic heterocycles. The number of carbonyl (C=O) groups excluding carboxylic acids is 1. The fourth-order valence-corrected chi connectivity index (χ4v) is 2.79. The van der Waals surface area contributed by atoms with Crippen LogP contribution in [0.4, 0.5) is 5.69 Å². The molecule has 1 unspecified atom stereocenters. The van der Waals surface area contributed by atoms with Gasteiger partial charge in [-0.05, 0) is 37.5 Å². The molecule has 0 aliphatic carbocycles. The van der Waals surface area contributed by atoms with E-state index in [1.165, 1.54) is 5.56 Å². The van der Waals surface area contributed by atoms with Crippen molar-refractivity contribution in [1.29, 1.82) is 0 Å². The number of benzene rings is 1. The van der Waals surface area contributed by atoms with Gasteiger partial charge in [-0.2, -0.15) is 0 Å². The molecule has 2 heterocycles. The van der Waals surface area contributed by atoms with Crippen LogP contribution in [0.2, 0.25) is 0 Å². The van der Waals surface area contributed by atoms with E-state index in [1.807, 2.05) is 24.0 Å². The summed E-state index contributed by atoms with van der Waals surface area (Å²) in [7, 11) is 0. The zero-order valence-corrected chi connectivity index (χ0v) is 11.3. The van der Waals surface area contributed by atoms with Crippen LogP contribution in [0.5, 0.6) is 0 Å². The monoisotopic (exact) mass is 260 g/mol. The zero-order valence-electron chi connectivity index (χ0n) is 11.3. The number of amides is 1. The Hall–Kier alpha value is -1.55. The molecule has 1 aromatic rings. The smallest absolute Gasteiger partial charge is 0.254 e. The number of ether oxygens (including phenoxy) is 1. The number of nitrogens with one attached hydrogen (secondary N) is 1. The molecule has 0 bridgehead atoms. The maximum Gasteiger partial charge on any atom is 0.254 e. The molecule has 1 fully saturated rings. The molecule has 1 amide bonds. The van der Waals surface area contributed by atoms with Crippen molar-refractivity contribution in [2.45, 2.75) is 25.9 Å². The fourth-order valence-electron chi connectivity index (χ4n) is 2.79. The topological polar surface area (TPSA) is 41.6 Å². The summed E-state index contributed by atoms with van der Waals surface area (Å²) in [6.07, 6.45) is 2.09. The van der Waals surface area contributed by atoms with Gasteiger partial charge in [-0.25, -0.2) is 0 Å². The van der Waals surface area contributed by atoms with Crippen molar-refractivity contribution in [3.63, 3.8) is 0 Å². The predicted octanol–water partition coefficient (Wildman–Crippen LogP) is 1.91. The van der Waals surface area contributed by atoms with Crippen LogP contribution in [-0.2, 0) is 11.2 Å². The van der Waals surface area contributed by atoms with Crippen molar-refractivity contribution in [2.24, 2.45) is 0 Å². The summed E-state index contributed by atoms with van der Waals surface area (Å²) >= 11 is 0. The zero-order chi connectivity index (χ0) is 13.2. The third-order valence-corrected chi connectivity index (χ3v) is 3.81. The van der Waals surface area contributed by atoms with E-state index in [-0.39, 0.29) is 12.0 Å². The lowest BCUT2D eigenvalue weighted by molar-refractivity contribution is 0.0563. The lowest BCUT2D eigenvalue weighted by Gasteiger charge is -2.22. The number of anilines is 1. The second-order valence-corrected chi connectivity index (χ2v) is 5.33. The summed E-state index contributed by atoms with van der Waals surface area (Å²) in [5.41, 5.74) is 3.20. The summed E-state index contributed by atoms with van der Waals surface area (Å²) in [6.45, 7) is 5.21. The molecule has 1 saturated heterocycles. The average Bonchev–Trinajstić information content (AvgIpc) is 2.78. The molecule has 0 saturated carbocycles. The largest absolute Gasteiger partial charge is 0.384 e. The molecule has 4 nitrogen and oxygen atoms in total. The van der Waals surface area contributed by atoms with Crippen LogP contribution in [-0.4, -0.2) is 43.2 Å². The lowest BCUT2D eigenvalue weighted by Crippen LogP contribution is -2.35. The Morgan fingerprint density at radius 2 is 2.37 bits per heavy atom. The summed E-state index contributed by atoms with van der Waals surface area (Å²) < 4.78 is 5.59. The van der Waals surface area contributed by atoms with Crippen LogP contribution in [0.25, 0.3) is 0 Å². The van der Waals surface area contributed by atoms with Crippen LogP contribution in [0.1, 0.15) is 29.3 Å². The number of hydrogen-bond donors (Lipinski definition) is 1. The van der Waals surface area contributed by atoms with Crippen molar-refractivity contribution in [1.82, 2.24) is 4.90 Å². The quantitative estimate of drug-likeness (QED) is 0.838. The van der Waals surface area contributed by atoms with Crippen LogP contribution in [0.3, 0.4) is 0 Å². The summed E-state index contributed by atoms with van der Waals surface area (Å²) in [5, 5.41) is 3.32. The van der Waals surface area contributed by atoms with Gasteiger partial charge >= 0.3 is 0 Å². The standard InChI is InChI=1S/C15H20N2O2/c1-11-10-17(7-2-8-19-11)15(18)13-4-3-12-5-6-16-14(12)9-13/h3-4,9,11,16H,2,5-8,10H2,1H3. The highest BCUT2D eigenvalue weighted by Crippen LogP contribution is 2.24. The first-order chi connectivity index (χ1) is 9.24. The van der Waals surface area contributed by atoms with E-state index in [2.05, 4.69) is 11.4 Å². The molecule has 2 aliphatic rings. The minimum Gasteiger partial charge on any atom is -0.384 e. The lowest BCUT2D eigenvalue weighted by atomic mass is 10.1. The number of nitrogens with zero attached hydrogens (tertiary/aromatic N) is 1. The van der Waals surface area contributed by atoms with E-state index >= 15 is 0 Å². The van der Waals surface area contributed by atoms with Gasteiger partial charge in [-0.3, -0.25) is 4.79 Å². The van der Waals surface area contributed by atoms with E-state index < -0.39 is 0 Å². The van der Waals surface area contributed by atoms with Crippen LogP contribution in [0, 0.1) is 0 Å². The van der Waals surface area contributed by atoms with Crippen molar-refractivity contribution in [2.75, 3.05) is 31.6 Å².